The van der Waals surface area contributed by atoms with Gasteiger partial charge in [0.25, 0.3) is 0 Å². The number of ether oxygens (including phenoxy) is 1. The third kappa shape index (κ3) is 6.55. The second-order valence-electron chi connectivity index (χ2n) is 20.6. The van der Waals surface area contributed by atoms with Gasteiger partial charge in [-0.1, -0.05) is 83.5 Å². The number of nitrogens with one attached hydrogen (secondary N) is 3. The lowest BCUT2D eigenvalue weighted by Gasteiger charge is -2.55. The highest BCUT2D eigenvalue weighted by Gasteiger charge is 2.58. The second-order valence-corrected chi connectivity index (χ2v) is 20.6. The van der Waals surface area contributed by atoms with E-state index in [0.29, 0.717) is 30.7 Å². The minimum Gasteiger partial charge on any atom is -0.374 e. The molecule has 0 aromatic heterocycles. The van der Waals surface area contributed by atoms with E-state index < -0.39 is 0 Å². The maximum Gasteiger partial charge on any atom is 0.0628 e. The van der Waals surface area contributed by atoms with Gasteiger partial charge in [0.1, 0.15) is 0 Å². The van der Waals surface area contributed by atoms with Crippen molar-refractivity contribution in [3.8, 4) is 0 Å². The van der Waals surface area contributed by atoms with Crippen LogP contribution in [0.4, 0.5) is 0 Å². The van der Waals surface area contributed by atoms with Gasteiger partial charge in [-0.2, -0.15) is 0 Å². The van der Waals surface area contributed by atoms with E-state index in [2.05, 4.69) is 16.0 Å². The molecule has 10 fully saturated rings. The third-order valence-electron chi connectivity index (χ3n) is 18.5. The normalized spacial score (nSPS) is 53.8. The molecule has 49 heavy (non-hydrogen) atoms. The van der Waals surface area contributed by atoms with Gasteiger partial charge in [-0.25, -0.2) is 0 Å². The lowest BCUT2D eigenvalue weighted by Crippen LogP contribution is -2.73. The molecule has 10 aliphatic rings. The fourth-order valence-corrected chi connectivity index (χ4v) is 16.2. The summed E-state index contributed by atoms with van der Waals surface area (Å²) in [5.41, 5.74) is 0. The summed E-state index contributed by atoms with van der Waals surface area (Å²) in [5, 5.41) is 13.1. The zero-order chi connectivity index (χ0) is 32.3. The predicted octanol–water partition coefficient (Wildman–Crippen LogP) is 10.2. The van der Waals surface area contributed by atoms with Gasteiger partial charge in [0.2, 0.25) is 0 Å². The fourth-order valence-electron chi connectivity index (χ4n) is 16.2. The SMILES string of the molecule is C1CCC(C2NC(C3CCC4CCCCC4C3)NC(C3CC4OC5CC(C6CCC7CCCCC7C6)CCC5C4C4CCCCC34)N2)CC1. The Labute approximate surface area is 301 Å². The van der Waals surface area contributed by atoms with E-state index in [1.54, 1.807) is 32.1 Å². The van der Waals surface area contributed by atoms with Gasteiger partial charge < -0.3 is 4.74 Å². The van der Waals surface area contributed by atoms with E-state index >= 15 is 0 Å². The summed E-state index contributed by atoms with van der Waals surface area (Å²) < 4.78 is 7.44. The molecule has 0 bridgehead atoms. The minimum absolute atomic E-state index is 0.471. The molecule has 2 heterocycles. The molecule has 0 radical (unpaired) electrons. The van der Waals surface area contributed by atoms with Crippen LogP contribution in [0.5, 0.6) is 0 Å². The maximum absolute atomic E-state index is 7.44. The van der Waals surface area contributed by atoms with Crippen LogP contribution in [0.3, 0.4) is 0 Å². The molecule has 0 spiro atoms. The number of hydrogen-bond donors (Lipinski definition) is 3. The summed E-state index contributed by atoms with van der Waals surface area (Å²) in [7, 11) is 0. The van der Waals surface area contributed by atoms with E-state index in [0.717, 1.165) is 76.9 Å². The highest BCUT2D eigenvalue weighted by atomic mass is 16.5. The Bertz CT molecular complexity index is 1110. The molecule has 8 saturated carbocycles. The maximum atomic E-state index is 7.44. The minimum atomic E-state index is 0.471. The van der Waals surface area contributed by atoms with Gasteiger partial charge >= 0.3 is 0 Å². The van der Waals surface area contributed by atoms with Crippen molar-refractivity contribution >= 4 is 0 Å². The smallest absolute Gasteiger partial charge is 0.0628 e. The molecular formula is C45H75N3O. The molecular weight excluding hydrogens is 599 g/mol. The van der Waals surface area contributed by atoms with Gasteiger partial charge in [0.05, 0.1) is 30.7 Å². The van der Waals surface area contributed by atoms with Gasteiger partial charge in [0, 0.05) is 0 Å². The molecule has 0 amide bonds. The average molecular weight is 674 g/mol. The zero-order valence-electron chi connectivity index (χ0n) is 31.4. The monoisotopic (exact) mass is 674 g/mol. The van der Waals surface area contributed by atoms with E-state index in [-0.39, 0.29) is 0 Å². The van der Waals surface area contributed by atoms with Gasteiger partial charge in [-0.05, 0) is 167 Å². The molecule has 2 aliphatic heterocycles. The Morgan fingerprint density at radius 2 is 0.776 bits per heavy atom. The van der Waals surface area contributed by atoms with Crippen molar-refractivity contribution in [1.29, 1.82) is 0 Å². The number of fused-ring (bicyclic) bond motifs is 7. The van der Waals surface area contributed by atoms with Gasteiger partial charge in [-0.3, -0.25) is 16.0 Å². The average Bonchev–Trinajstić information content (AvgIpc) is 3.55. The van der Waals surface area contributed by atoms with Crippen LogP contribution in [-0.4, -0.2) is 30.7 Å². The Morgan fingerprint density at radius 3 is 1.53 bits per heavy atom. The lowest BCUT2D eigenvalue weighted by atomic mass is 9.55. The summed E-state index contributed by atoms with van der Waals surface area (Å²) in [6, 6.07) is 0. The first-order valence-electron chi connectivity index (χ1n) is 23.2. The Hall–Kier alpha value is -0.160. The molecule has 0 aromatic carbocycles. The first-order valence-corrected chi connectivity index (χ1v) is 23.2. The van der Waals surface area contributed by atoms with Crippen molar-refractivity contribution in [2.24, 2.45) is 76.9 Å². The standard InChI is InChI=1S/C45H75N3O/c1-2-12-30(13-3-1)43-46-44(35-21-19-29-11-5-7-15-32(29)25-35)48-45(47-43)39-27-41-42(37-17-9-8-16-36(37)39)38-23-22-34(26-40(38)49-41)33-20-18-28-10-4-6-14-31(28)24-33/h28-48H,1-27H2. The molecule has 8 aliphatic carbocycles. The molecule has 2 saturated heterocycles. The Morgan fingerprint density at radius 1 is 0.286 bits per heavy atom. The molecule has 4 nitrogen and oxygen atoms in total. The van der Waals surface area contributed by atoms with Crippen LogP contribution in [0, 0.1) is 76.9 Å². The van der Waals surface area contributed by atoms with Crippen molar-refractivity contribution in [3.05, 3.63) is 0 Å². The summed E-state index contributed by atoms with van der Waals surface area (Å²) in [4.78, 5) is 0. The van der Waals surface area contributed by atoms with Crippen molar-refractivity contribution in [2.45, 2.75) is 204 Å². The molecule has 4 heteroatoms. The topological polar surface area (TPSA) is 45.3 Å². The van der Waals surface area contributed by atoms with E-state index in [4.69, 9.17) is 4.74 Å². The number of rotatable bonds is 4. The molecule has 3 N–H and O–H groups in total. The molecule has 17 atom stereocenters. The first-order chi connectivity index (χ1) is 24.2. The predicted molar refractivity (Wildman–Crippen MR) is 199 cm³/mol. The number of hydrogen-bond acceptors (Lipinski definition) is 4. The van der Waals surface area contributed by atoms with E-state index in [1.165, 1.54) is 141 Å². The van der Waals surface area contributed by atoms with Crippen LogP contribution in [0.2, 0.25) is 0 Å². The summed E-state index contributed by atoms with van der Waals surface area (Å²) in [6.45, 7) is 0. The zero-order valence-corrected chi connectivity index (χ0v) is 31.4. The van der Waals surface area contributed by atoms with Crippen molar-refractivity contribution in [3.63, 3.8) is 0 Å². The second kappa shape index (κ2) is 14.6. The van der Waals surface area contributed by atoms with Crippen molar-refractivity contribution in [1.82, 2.24) is 16.0 Å². The highest BCUT2D eigenvalue weighted by molar-refractivity contribution is 5.07. The van der Waals surface area contributed by atoms with E-state index in [9.17, 15) is 0 Å². The van der Waals surface area contributed by atoms with Crippen LogP contribution in [0.25, 0.3) is 0 Å². The van der Waals surface area contributed by atoms with E-state index in [1.807, 2.05) is 0 Å². The molecule has 276 valence electrons. The molecule has 17 unspecified atom stereocenters. The van der Waals surface area contributed by atoms with Crippen LogP contribution in [0.1, 0.15) is 173 Å². The quantitative estimate of drug-likeness (QED) is 0.278. The Balaban J connectivity index is 0.859. The Kier molecular flexibility index (Phi) is 9.94. The van der Waals surface area contributed by atoms with Crippen molar-refractivity contribution < 1.29 is 4.74 Å². The van der Waals surface area contributed by atoms with Crippen LogP contribution in [-0.2, 0) is 4.74 Å². The lowest BCUT2D eigenvalue weighted by molar-refractivity contribution is -0.0740. The summed E-state index contributed by atoms with van der Waals surface area (Å²) in [6.07, 6.45) is 42.8. The van der Waals surface area contributed by atoms with Gasteiger partial charge in [-0.15, -0.1) is 0 Å². The largest absolute Gasteiger partial charge is 0.374 e. The fraction of sp³-hybridized carbons (Fsp3) is 1.00. The van der Waals surface area contributed by atoms with Crippen LogP contribution >= 0.6 is 0 Å². The van der Waals surface area contributed by atoms with Crippen LogP contribution < -0.4 is 16.0 Å². The third-order valence-corrected chi connectivity index (χ3v) is 18.5. The summed E-state index contributed by atoms with van der Waals surface area (Å²) >= 11 is 0. The molecule has 10 rings (SSSR count). The first kappa shape index (κ1) is 33.4. The van der Waals surface area contributed by atoms with Crippen LogP contribution in [0.15, 0.2) is 0 Å². The highest BCUT2D eigenvalue weighted by Crippen LogP contribution is 2.59. The van der Waals surface area contributed by atoms with Crippen molar-refractivity contribution in [2.75, 3.05) is 0 Å². The molecule has 0 aromatic rings. The summed E-state index contributed by atoms with van der Waals surface area (Å²) in [5.74, 6) is 12.1. The van der Waals surface area contributed by atoms with Gasteiger partial charge in [0.15, 0.2) is 0 Å².